The number of carbonyl (C=O) groups is 1. The van der Waals surface area contributed by atoms with Crippen LogP contribution in [0, 0.1) is 5.92 Å². The number of hydrogen-bond acceptors (Lipinski definition) is 6. The number of nitrogens with one attached hydrogen (secondary N) is 2. The van der Waals surface area contributed by atoms with E-state index < -0.39 is 5.60 Å². The van der Waals surface area contributed by atoms with E-state index in [0.29, 0.717) is 18.5 Å². The van der Waals surface area contributed by atoms with Crippen LogP contribution in [0.25, 0.3) is 11.0 Å². The van der Waals surface area contributed by atoms with E-state index in [-0.39, 0.29) is 6.09 Å². The number of rotatable bonds is 5. The van der Waals surface area contributed by atoms with Crippen LogP contribution in [-0.4, -0.2) is 47.3 Å². The second-order valence-electron chi connectivity index (χ2n) is 8.79. The van der Waals surface area contributed by atoms with E-state index in [9.17, 15) is 4.79 Å². The highest BCUT2D eigenvalue weighted by Crippen LogP contribution is 2.33. The maximum Gasteiger partial charge on any atom is 0.407 e. The molecule has 7 nitrogen and oxygen atoms in total. The van der Waals surface area contributed by atoms with Gasteiger partial charge in [0.05, 0.1) is 11.0 Å². The molecule has 0 radical (unpaired) electrons. The van der Waals surface area contributed by atoms with Crippen LogP contribution >= 0.6 is 0 Å². The van der Waals surface area contributed by atoms with E-state index in [1.165, 1.54) is 12.8 Å². The van der Waals surface area contributed by atoms with Crippen molar-refractivity contribution in [3.05, 3.63) is 24.3 Å². The number of alkyl carbamates (subject to hydrolysis) is 1. The zero-order valence-electron chi connectivity index (χ0n) is 16.9. The van der Waals surface area contributed by atoms with Gasteiger partial charge in [-0.3, -0.25) is 0 Å². The fourth-order valence-electron chi connectivity index (χ4n) is 3.46. The summed E-state index contributed by atoms with van der Waals surface area (Å²) in [4.78, 5) is 23.9. The molecule has 7 heteroatoms. The molecule has 2 aliphatic rings. The van der Waals surface area contributed by atoms with E-state index in [2.05, 4.69) is 15.5 Å². The van der Waals surface area contributed by atoms with Crippen molar-refractivity contribution in [2.45, 2.75) is 51.7 Å². The van der Waals surface area contributed by atoms with Crippen molar-refractivity contribution in [2.24, 2.45) is 5.92 Å². The zero-order valence-corrected chi connectivity index (χ0v) is 16.9. The molecule has 1 unspecified atom stereocenters. The van der Waals surface area contributed by atoms with Gasteiger partial charge < -0.3 is 20.3 Å². The predicted molar refractivity (Wildman–Crippen MR) is 111 cm³/mol. The van der Waals surface area contributed by atoms with Crippen molar-refractivity contribution in [2.75, 3.05) is 29.9 Å². The van der Waals surface area contributed by atoms with Crippen molar-refractivity contribution < 1.29 is 9.53 Å². The Hall–Kier alpha value is -2.57. The smallest absolute Gasteiger partial charge is 0.407 e. The average Bonchev–Trinajstić information content (AvgIpc) is 3.32. The number of nitrogens with zero attached hydrogens (tertiary/aromatic N) is 3. The van der Waals surface area contributed by atoms with Gasteiger partial charge in [0.1, 0.15) is 5.60 Å². The van der Waals surface area contributed by atoms with E-state index in [4.69, 9.17) is 14.7 Å². The van der Waals surface area contributed by atoms with E-state index in [1.54, 1.807) is 0 Å². The summed E-state index contributed by atoms with van der Waals surface area (Å²) < 4.78 is 5.33. The van der Waals surface area contributed by atoms with Gasteiger partial charge >= 0.3 is 6.09 Å². The summed E-state index contributed by atoms with van der Waals surface area (Å²) in [5, 5.41) is 6.44. The molecule has 2 N–H and O–H groups in total. The number of aromatic nitrogens is 2. The van der Waals surface area contributed by atoms with Gasteiger partial charge in [0.15, 0.2) is 11.6 Å². The summed E-state index contributed by atoms with van der Waals surface area (Å²) in [6, 6.07) is 8.51. The third-order valence-corrected chi connectivity index (χ3v) is 4.99. The highest BCUT2D eigenvalue weighted by Gasteiger charge is 2.29. The number of para-hydroxylation sites is 2. The molecule has 2 aromatic rings. The molecule has 1 saturated heterocycles. The Labute approximate surface area is 165 Å². The van der Waals surface area contributed by atoms with E-state index in [0.717, 1.165) is 42.2 Å². The van der Waals surface area contributed by atoms with Crippen LogP contribution in [0.3, 0.4) is 0 Å². The molecular weight excluding hydrogens is 354 g/mol. The Kier molecular flexibility index (Phi) is 5.00. The van der Waals surface area contributed by atoms with Crippen LogP contribution in [0.5, 0.6) is 0 Å². The molecule has 4 rings (SSSR count). The molecule has 1 saturated carbocycles. The molecule has 2 heterocycles. The molecular formula is C21H29N5O2. The molecule has 0 bridgehead atoms. The fraction of sp³-hybridized carbons (Fsp3) is 0.571. The summed E-state index contributed by atoms with van der Waals surface area (Å²) in [6.45, 7) is 7.98. The lowest BCUT2D eigenvalue weighted by atomic mass is 10.1. The Morgan fingerprint density at radius 2 is 1.89 bits per heavy atom. The Bertz CT molecular complexity index is 859. The van der Waals surface area contributed by atoms with E-state index >= 15 is 0 Å². The van der Waals surface area contributed by atoms with E-state index in [1.807, 2.05) is 45.0 Å². The first-order valence-electron chi connectivity index (χ1n) is 10.1. The molecule has 1 aliphatic heterocycles. The molecule has 2 fully saturated rings. The first-order chi connectivity index (χ1) is 13.4. The van der Waals surface area contributed by atoms with Crippen molar-refractivity contribution >= 4 is 28.8 Å². The lowest BCUT2D eigenvalue weighted by molar-refractivity contribution is 0.0520. The van der Waals surface area contributed by atoms with Crippen molar-refractivity contribution in [1.29, 1.82) is 0 Å². The second kappa shape index (κ2) is 7.45. The maximum atomic E-state index is 11.9. The summed E-state index contributed by atoms with van der Waals surface area (Å²) >= 11 is 0. The van der Waals surface area contributed by atoms with Gasteiger partial charge in [-0.1, -0.05) is 12.1 Å². The largest absolute Gasteiger partial charge is 0.444 e. The van der Waals surface area contributed by atoms with Gasteiger partial charge in [-0.05, 0) is 58.1 Å². The number of carbonyl (C=O) groups excluding carboxylic acids is 1. The highest BCUT2D eigenvalue weighted by molar-refractivity contribution is 5.80. The number of anilines is 2. The minimum atomic E-state index is -0.476. The minimum absolute atomic E-state index is 0.354. The highest BCUT2D eigenvalue weighted by atomic mass is 16.6. The first-order valence-corrected chi connectivity index (χ1v) is 10.1. The lowest BCUT2D eigenvalue weighted by Gasteiger charge is -2.22. The van der Waals surface area contributed by atoms with Gasteiger partial charge in [-0.25, -0.2) is 14.8 Å². The van der Waals surface area contributed by atoms with Crippen molar-refractivity contribution in [3.8, 4) is 0 Å². The lowest BCUT2D eigenvalue weighted by Crippen LogP contribution is -2.36. The molecule has 0 spiro atoms. The molecule has 28 heavy (non-hydrogen) atoms. The van der Waals surface area contributed by atoms with Gasteiger partial charge in [-0.15, -0.1) is 0 Å². The third kappa shape index (κ3) is 4.64. The quantitative estimate of drug-likeness (QED) is 0.822. The summed E-state index contributed by atoms with van der Waals surface area (Å²) in [5.74, 6) is 2.17. The number of ether oxygens (including phenoxy) is 1. The van der Waals surface area contributed by atoms with Crippen LogP contribution in [0.2, 0.25) is 0 Å². The fourth-order valence-corrected chi connectivity index (χ4v) is 3.46. The van der Waals surface area contributed by atoms with Crippen LogP contribution < -0.4 is 15.5 Å². The molecule has 1 aliphatic carbocycles. The average molecular weight is 383 g/mol. The Morgan fingerprint density at radius 3 is 2.57 bits per heavy atom. The Morgan fingerprint density at radius 1 is 1.18 bits per heavy atom. The SMILES string of the molecule is CC(C)(C)OC(=O)NCC1CCN(c2nc3ccccc3nc2NC2CC2)C1. The third-order valence-electron chi connectivity index (χ3n) is 4.99. The van der Waals surface area contributed by atoms with Crippen LogP contribution in [0.15, 0.2) is 24.3 Å². The van der Waals surface area contributed by atoms with Gasteiger partial charge in [-0.2, -0.15) is 0 Å². The van der Waals surface area contributed by atoms with Gasteiger partial charge in [0.25, 0.3) is 0 Å². The zero-order chi connectivity index (χ0) is 19.7. The topological polar surface area (TPSA) is 79.4 Å². The number of benzene rings is 1. The molecule has 1 atom stereocenters. The monoisotopic (exact) mass is 383 g/mol. The minimum Gasteiger partial charge on any atom is -0.444 e. The Balaban J connectivity index is 1.44. The first kappa shape index (κ1) is 18.8. The molecule has 150 valence electrons. The van der Waals surface area contributed by atoms with Crippen LogP contribution in [-0.2, 0) is 4.74 Å². The number of fused-ring (bicyclic) bond motifs is 1. The van der Waals surface area contributed by atoms with Gasteiger partial charge in [0.2, 0.25) is 0 Å². The van der Waals surface area contributed by atoms with Crippen molar-refractivity contribution in [1.82, 2.24) is 15.3 Å². The molecule has 1 aromatic heterocycles. The standard InChI is InChI=1S/C21H29N5O2/c1-21(2,3)28-20(27)22-12-14-10-11-26(13-14)19-18(23-15-8-9-15)24-16-6-4-5-7-17(16)25-19/h4-7,14-15H,8-13H2,1-3H3,(H,22,27)(H,23,24). The molecule has 1 amide bonds. The van der Waals surface area contributed by atoms with Crippen LogP contribution in [0.4, 0.5) is 16.4 Å². The summed E-state index contributed by atoms with van der Waals surface area (Å²) in [6.07, 6.45) is 3.03. The normalized spacial score (nSPS) is 19.7. The maximum absolute atomic E-state index is 11.9. The van der Waals surface area contributed by atoms with Crippen LogP contribution in [0.1, 0.15) is 40.0 Å². The number of amides is 1. The van der Waals surface area contributed by atoms with Crippen molar-refractivity contribution in [3.63, 3.8) is 0 Å². The predicted octanol–water partition coefficient (Wildman–Crippen LogP) is 3.56. The van der Waals surface area contributed by atoms with Gasteiger partial charge in [0, 0.05) is 25.7 Å². The number of hydrogen-bond donors (Lipinski definition) is 2. The second-order valence-corrected chi connectivity index (χ2v) is 8.79. The molecule has 1 aromatic carbocycles. The summed E-state index contributed by atoms with van der Waals surface area (Å²) in [5.41, 5.74) is 1.35. The summed E-state index contributed by atoms with van der Waals surface area (Å²) in [7, 11) is 0.